The highest BCUT2D eigenvalue weighted by atomic mass is 32.1. The number of carbonyl (C=O) groups is 2. The molecule has 34 heavy (non-hydrogen) atoms. The van der Waals surface area contributed by atoms with Crippen LogP contribution < -0.4 is 4.74 Å². The molecule has 0 saturated heterocycles. The van der Waals surface area contributed by atoms with Crippen LogP contribution in [0.4, 0.5) is 4.39 Å². The third kappa shape index (κ3) is 3.76. The number of hydrogen-bond acceptors (Lipinski definition) is 6. The molecule has 2 aromatic heterocycles. The number of Topliss-reactive ketones (excluding diaryl/α,β-unsaturated/α-hetero) is 1. The van der Waals surface area contributed by atoms with Crippen LogP contribution in [0, 0.1) is 5.82 Å². The molecule has 0 saturated carbocycles. The third-order valence-corrected chi connectivity index (χ3v) is 6.79. The molecule has 1 amide bonds. The van der Waals surface area contributed by atoms with Crippen molar-refractivity contribution < 1.29 is 28.2 Å². The smallest absolute Gasteiger partial charge is 0.290 e. The summed E-state index contributed by atoms with van der Waals surface area (Å²) in [6.45, 7) is 0.238. The number of thiophene rings is 1. The molecule has 1 N–H and O–H groups in total. The molecule has 0 aliphatic carbocycles. The summed E-state index contributed by atoms with van der Waals surface area (Å²) in [4.78, 5) is 28.8. The first-order valence-electron chi connectivity index (χ1n) is 10.6. The monoisotopic (exact) mass is 477 g/mol. The zero-order valence-corrected chi connectivity index (χ0v) is 19.0. The number of nitrogens with zero attached hydrogens (tertiary/aromatic N) is 1. The molecule has 0 bridgehead atoms. The first kappa shape index (κ1) is 21.9. The van der Waals surface area contributed by atoms with Gasteiger partial charge in [0.25, 0.3) is 5.91 Å². The maximum atomic E-state index is 13.6. The minimum Gasteiger partial charge on any atom is -0.503 e. The molecule has 0 fully saturated rings. The molecule has 1 aliphatic rings. The fraction of sp³-hybridized carbons (Fsp3) is 0.154. The Morgan fingerprint density at radius 2 is 1.97 bits per heavy atom. The van der Waals surface area contributed by atoms with Crippen molar-refractivity contribution in [2.75, 3.05) is 13.7 Å². The maximum absolute atomic E-state index is 13.6. The Labute approximate surface area is 198 Å². The van der Waals surface area contributed by atoms with E-state index in [-0.39, 0.29) is 23.7 Å². The number of fused-ring (bicyclic) bond motifs is 1. The molecule has 6 nitrogen and oxygen atoms in total. The van der Waals surface area contributed by atoms with Crippen molar-refractivity contribution >= 4 is 34.0 Å². The molecule has 4 aromatic rings. The van der Waals surface area contributed by atoms with Crippen molar-refractivity contribution in [2.45, 2.75) is 12.5 Å². The predicted octanol–water partition coefficient (Wildman–Crippen LogP) is 5.46. The van der Waals surface area contributed by atoms with Gasteiger partial charge in [-0.05, 0) is 47.7 Å². The number of ketones is 1. The topological polar surface area (TPSA) is 80.0 Å². The number of carbonyl (C=O) groups excluding carboxylic acids is 2. The molecule has 3 heterocycles. The molecule has 1 unspecified atom stereocenters. The number of hydrogen-bond donors (Lipinski definition) is 1. The van der Waals surface area contributed by atoms with Crippen molar-refractivity contribution in [1.82, 2.24) is 4.90 Å². The molecule has 172 valence electrons. The summed E-state index contributed by atoms with van der Waals surface area (Å²) in [5.41, 5.74) is 1.23. The summed E-state index contributed by atoms with van der Waals surface area (Å²) in [5.74, 6) is -1.63. The number of rotatable bonds is 7. The normalized spacial score (nSPS) is 16.0. The van der Waals surface area contributed by atoms with E-state index in [2.05, 4.69) is 0 Å². The average molecular weight is 478 g/mol. The summed E-state index contributed by atoms with van der Waals surface area (Å²) >= 11 is 1.39. The Morgan fingerprint density at radius 3 is 2.68 bits per heavy atom. The number of para-hydroxylation sites is 1. The van der Waals surface area contributed by atoms with Gasteiger partial charge in [-0.2, -0.15) is 0 Å². The highest BCUT2D eigenvalue weighted by Crippen LogP contribution is 2.41. The molecule has 0 radical (unpaired) electrons. The molecule has 1 atom stereocenters. The van der Waals surface area contributed by atoms with Gasteiger partial charge in [0, 0.05) is 16.8 Å². The Morgan fingerprint density at radius 1 is 1.18 bits per heavy atom. The van der Waals surface area contributed by atoms with Crippen molar-refractivity contribution in [3.05, 3.63) is 99.4 Å². The number of benzene rings is 2. The van der Waals surface area contributed by atoms with Gasteiger partial charge in [0.1, 0.15) is 5.82 Å². The Balaban J connectivity index is 1.50. The Bertz CT molecular complexity index is 1410. The lowest BCUT2D eigenvalue weighted by Gasteiger charge is -2.25. The molecule has 0 spiro atoms. The minimum absolute atomic E-state index is 0.00999. The van der Waals surface area contributed by atoms with Gasteiger partial charge in [-0.15, -0.1) is 11.3 Å². The van der Waals surface area contributed by atoms with Gasteiger partial charge < -0.3 is 19.2 Å². The van der Waals surface area contributed by atoms with Crippen LogP contribution in [0.2, 0.25) is 0 Å². The SMILES string of the molecule is COc1cccc2cc(C(=O)C3=C(O)C(=O)N(CCc4ccc(F)cc4)C3c3cccs3)oc12. The van der Waals surface area contributed by atoms with Crippen LogP contribution in [0.25, 0.3) is 11.0 Å². The van der Waals surface area contributed by atoms with Gasteiger partial charge in [0.2, 0.25) is 5.78 Å². The summed E-state index contributed by atoms with van der Waals surface area (Å²) in [6, 6.07) is 15.8. The van der Waals surface area contributed by atoms with Crippen LogP contribution in [-0.4, -0.2) is 35.4 Å². The van der Waals surface area contributed by atoms with E-state index in [0.29, 0.717) is 23.1 Å². The van der Waals surface area contributed by atoms with E-state index in [1.807, 2.05) is 17.5 Å². The van der Waals surface area contributed by atoms with Crippen LogP contribution in [0.1, 0.15) is 27.0 Å². The van der Waals surface area contributed by atoms with Gasteiger partial charge in [0.05, 0.1) is 18.7 Å². The van der Waals surface area contributed by atoms with Crippen LogP contribution in [0.15, 0.2) is 81.8 Å². The van der Waals surface area contributed by atoms with E-state index >= 15 is 0 Å². The third-order valence-electron chi connectivity index (χ3n) is 5.87. The fourth-order valence-corrected chi connectivity index (χ4v) is 5.05. The quantitative estimate of drug-likeness (QED) is 0.358. The number of methoxy groups -OCH3 is 1. The van der Waals surface area contributed by atoms with Crippen molar-refractivity contribution in [1.29, 1.82) is 0 Å². The van der Waals surface area contributed by atoms with Gasteiger partial charge in [0.15, 0.2) is 22.9 Å². The lowest BCUT2D eigenvalue weighted by atomic mass is 10.00. The summed E-state index contributed by atoms with van der Waals surface area (Å²) in [6.07, 6.45) is 0.435. The lowest BCUT2D eigenvalue weighted by Crippen LogP contribution is -2.32. The van der Waals surface area contributed by atoms with Crippen LogP contribution >= 0.6 is 11.3 Å². The first-order valence-corrected chi connectivity index (χ1v) is 11.5. The van der Waals surface area contributed by atoms with Crippen LogP contribution in [0.3, 0.4) is 0 Å². The minimum atomic E-state index is -0.754. The van der Waals surface area contributed by atoms with Crippen LogP contribution in [-0.2, 0) is 11.2 Å². The standard InChI is InChI=1S/C26H20FNO5S/c1-32-18-5-2-4-16-14-19(33-25(16)18)23(29)21-22(20-6-3-13-34-20)28(26(31)24(21)30)12-11-15-7-9-17(27)10-8-15/h2-10,13-14,22,30H,11-12H2,1H3. The first-order chi connectivity index (χ1) is 16.5. The highest BCUT2D eigenvalue weighted by molar-refractivity contribution is 7.10. The predicted molar refractivity (Wildman–Crippen MR) is 126 cm³/mol. The van der Waals surface area contributed by atoms with Gasteiger partial charge >= 0.3 is 0 Å². The zero-order valence-electron chi connectivity index (χ0n) is 18.2. The second kappa shape index (κ2) is 8.79. The van der Waals surface area contributed by atoms with Crippen molar-refractivity contribution in [3.8, 4) is 5.75 Å². The van der Waals surface area contributed by atoms with E-state index in [9.17, 15) is 19.1 Å². The van der Waals surface area contributed by atoms with Gasteiger partial charge in [-0.25, -0.2) is 4.39 Å². The Kier molecular flexibility index (Phi) is 5.67. The molecule has 8 heteroatoms. The largest absolute Gasteiger partial charge is 0.503 e. The second-order valence-electron chi connectivity index (χ2n) is 7.87. The summed E-state index contributed by atoms with van der Waals surface area (Å²) in [7, 11) is 1.51. The molecule has 2 aromatic carbocycles. The highest BCUT2D eigenvalue weighted by Gasteiger charge is 2.44. The number of furan rings is 1. The van der Waals surface area contributed by atoms with E-state index in [0.717, 1.165) is 10.4 Å². The average Bonchev–Trinajstić information content (AvgIpc) is 3.57. The van der Waals surface area contributed by atoms with Crippen molar-refractivity contribution in [3.63, 3.8) is 0 Å². The summed E-state index contributed by atoms with van der Waals surface area (Å²) < 4.78 is 24.4. The van der Waals surface area contributed by atoms with Gasteiger partial charge in [-0.3, -0.25) is 9.59 Å². The van der Waals surface area contributed by atoms with Crippen molar-refractivity contribution in [2.24, 2.45) is 0 Å². The molecular weight excluding hydrogens is 457 g/mol. The van der Waals surface area contributed by atoms with E-state index in [1.54, 1.807) is 36.4 Å². The lowest BCUT2D eigenvalue weighted by molar-refractivity contribution is -0.129. The molecule has 1 aliphatic heterocycles. The number of ether oxygens (including phenoxy) is 1. The van der Waals surface area contributed by atoms with E-state index < -0.39 is 23.5 Å². The summed E-state index contributed by atoms with van der Waals surface area (Å²) in [5, 5.41) is 13.3. The number of aliphatic hydroxyl groups excluding tert-OH is 1. The van der Waals surface area contributed by atoms with E-state index in [1.165, 1.54) is 35.5 Å². The zero-order chi connectivity index (χ0) is 23.8. The van der Waals surface area contributed by atoms with E-state index in [4.69, 9.17) is 9.15 Å². The number of halogens is 1. The second-order valence-corrected chi connectivity index (χ2v) is 8.85. The molecule has 5 rings (SSSR count). The van der Waals surface area contributed by atoms with Gasteiger partial charge in [-0.1, -0.05) is 30.3 Å². The Hall–Kier alpha value is -3.91. The maximum Gasteiger partial charge on any atom is 0.290 e. The fourth-order valence-electron chi connectivity index (χ4n) is 4.20. The van der Waals surface area contributed by atoms with Crippen LogP contribution in [0.5, 0.6) is 5.75 Å². The number of amides is 1. The molecular formula is C26H20FNO5S. The number of aliphatic hydroxyl groups is 1.